The number of amides is 1. The zero-order chi connectivity index (χ0) is 24.7. The SMILES string of the molecule is CNC(=O)c1cc(N(C)C)c(N2CCN(Cc3cnc4c(c3)[nH]c(=O)n3cccc43)CC2)cc1Cl. The van der Waals surface area contributed by atoms with Gasteiger partial charge in [-0.3, -0.25) is 19.1 Å². The Balaban J connectivity index is 1.32. The van der Waals surface area contributed by atoms with Gasteiger partial charge in [-0.15, -0.1) is 0 Å². The van der Waals surface area contributed by atoms with Crippen molar-refractivity contribution in [2.24, 2.45) is 0 Å². The molecule has 0 unspecified atom stereocenters. The molecule has 2 N–H and O–H groups in total. The first-order chi connectivity index (χ1) is 16.9. The normalized spacial score (nSPS) is 14.6. The molecule has 0 bridgehead atoms. The number of hydrogen-bond donors (Lipinski definition) is 2. The number of pyridine rings is 1. The Morgan fingerprint density at radius 3 is 2.69 bits per heavy atom. The van der Waals surface area contributed by atoms with Crippen LogP contribution in [0, 0.1) is 0 Å². The van der Waals surface area contributed by atoms with Crippen LogP contribution in [0.15, 0.2) is 47.5 Å². The van der Waals surface area contributed by atoms with Crippen LogP contribution in [0.5, 0.6) is 0 Å². The number of hydrogen-bond acceptors (Lipinski definition) is 6. The highest BCUT2D eigenvalue weighted by molar-refractivity contribution is 6.34. The zero-order valence-corrected chi connectivity index (χ0v) is 20.8. The molecule has 10 heteroatoms. The fourth-order valence-electron chi connectivity index (χ4n) is 4.70. The predicted octanol–water partition coefficient (Wildman–Crippen LogP) is 2.58. The predicted molar refractivity (Wildman–Crippen MR) is 140 cm³/mol. The maximum Gasteiger partial charge on any atom is 0.330 e. The molecule has 0 radical (unpaired) electrons. The van der Waals surface area contributed by atoms with Crippen molar-refractivity contribution in [3.05, 3.63) is 69.4 Å². The van der Waals surface area contributed by atoms with E-state index in [1.54, 1.807) is 17.6 Å². The van der Waals surface area contributed by atoms with Gasteiger partial charge in [-0.1, -0.05) is 11.6 Å². The van der Waals surface area contributed by atoms with Crippen molar-refractivity contribution in [3.8, 4) is 0 Å². The molecule has 182 valence electrons. The summed E-state index contributed by atoms with van der Waals surface area (Å²) in [5.74, 6) is -0.197. The number of H-pyrrole nitrogens is 1. The lowest BCUT2D eigenvalue weighted by Gasteiger charge is -2.38. The molecule has 1 aliphatic heterocycles. The second-order valence-corrected chi connectivity index (χ2v) is 9.40. The topological polar surface area (TPSA) is 89.0 Å². The molecular formula is C25H28ClN7O2. The smallest absolute Gasteiger partial charge is 0.330 e. The average molecular weight is 494 g/mol. The summed E-state index contributed by atoms with van der Waals surface area (Å²) in [7, 11) is 5.54. The van der Waals surface area contributed by atoms with E-state index >= 15 is 0 Å². The van der Waals surface area contributed by atoms with Gasteiger partial charge in [0.25, 0.3) is 5.91 Å². The molecule has 3 aromatic heterocycles. The van der Waals surface area contributed by atoms with Gasteiger partial charge in [0.15, 0.2) is 0 Å². The third-order valence-corrected chi connectivity index (χ3v) is 6.85. The van der Waals surface area contributed by atoms with Crippen molar-refractivity contribution in [1.29, 1.82) is 0 Å². The summed E-state index contributed by atoms with van der Waals surface area (Å²) in [5, 5.41) is 3.09. The molecule has 9 nitrogen and oxygen atoms in total. The number of halogens is 1. The van der Waals surface area contributed by atoms with Gasteiger partial charge < -0.3 is 20.1 Å². The number of carbonyl (C=O) groups is 1. The van der Waals surface area contributed by atoms with E-state index in [1.165, 1.54) is 0 Å². The number of aromatic amines is 1. The second-order valence-electron chi connectivity index (χ2n) is 8.99. The molecule has 5 rings (SSSR count). The van der Waals surface area contributed by atoms with Gasteiger partial charge in [-0.25, -0.2) is 4.79 Å². The van der Waals surface area contributed by atoms with Crippen molar-refractivity contribution in [2.45, 2.75) is 6.54 Å². The quantitative estimate of drug-likeness (QED) is 0.444. The summed E-state index contributed by atoms with van der Waals surface area (Å²) in [5.41, 5.74) is 5.69. The monoisotopic (exact) mass is 493 g/mol. The highest BCUT2D eigenvalue weighted by Gasteiger charge is 2.23. The first-order valence-corrected chi connectivity index (χ1v) is 11.9. The van der Waals surface area contributed by atoms with Gasteiger partial charge in [-0.05, 0) is 35.9 Å². The Bertz CT molecular complexity index is 1470. The van der Waals surface area contributed by atoms with Crippen LogP contribution in [0.2, 0.25) is 5.02 Å². The van der Waals surface area contributed by atoms with Crippen LogP contribution >= 0.6 is 11.6 Å². The Kier molecular flexibility index (Phi) is 6.12. The van der Waals surface area contributed by atoms with Gasteiger partial charge in [0.1, 0.15) is 5.52 Å². The highest BCUT2D eigenvalue weighted by atomic mass is 35.5. The third-order valence-electron chi connectivity index (χ3n) is 6.53. The fraction of sp³-hybridized carbons (Fsp3) is 0.320. The highest BCUT2D eigenvalue weighted by Crippen LogP contribution is 2.35. The molecule has 35 heavy (non-hydrogen) atoms. The van der Waals surface area contributed by atoms with Gasteiger partial charge >= 0.3 is 5.69 Å². The number of anilines is 2. The summed E-state index contributed by atoms with van der Waals surface area (Å²) in [6.07, 6.45) is 3.63. The van der Waals surface area contributed by atoms with E-state index in [1.807, 2.05) is 55.5 Å². The molecule has 0 saturated carbocycles. The standard InChI is InChI=1S/C25H28ClN7O2/c1-27-24(34)17-12-21(30(2)3)22(13-18(17)26)32-9-7-31(8-10-32)15-16-11-19-23(28-14-16)20-5-4-6-33(20)25(35)29-19/h4-6,11-14H,7-10,15H2,1-3H3,(H,27,34)(H,29,35). The van der Waals surface area contributed by atoms with Gasteiger partial charge in [0.2, 0.25) is 0 Å². The lowest BCUT2D eigenvalue weighted by molar-refractivity contribution is 0.0963. The summed E-state index contributed by atoms with van der Waals surface area (Å²) in [6, 6.07) is 9.51. The maximum absolute atomic E-state index is 12.3. The number of nitrogens with zero attached hydrogens (tertiary/aromatic N) is 5. The number of nitrogens with one attached hydrogen (secondary N) is 2. The van der Waals surface area contributed by atoms with Gasteiger partial charge in [0, 0.05) is 66.3 Å². The van der Waals surface area contributed by atoms with Crippen LogP contribution in [0.1, 0.15) is 15.9 Å². The van der Waals surface area contributed by atoms with Crippen LogP contribution in [-0.4, -0.2) is 72.5 Å². The molecule has 1 aliphatic rings. The Morgan fingerprint density at radius 2 is 1.97 bits per heavy atom. The van der Waals surface area contributed by atoms with E-state index in [-0.39, 0.29) is 11.6 Å². The zero-order valence-electron chi connectivity index (χ0n) is 20.0. The first-order valence-electron chi connectivity index (χ1n) is 11.5. The minimum atomic E-state index is -0.197. The number of benzene rings is 1. The van der Waals surface area contributed by atoms with Crippen molar-refractivity contribution in [3.63, 3.8) is 0 Å². The molecule has 1 aromatic carbocycles. The largest absolute Gasteiger partial charge is 0.376 e. The summed E-state index contributed by atoms with van der Waals surface area (Å²) < 4.78 is 1.57. The average Bonchev–Trinajstić information content (AvgIpc) is 3.35. The Morgan fingerprint density at radius 1 is 1.20 bits per heavy atom. The van der Waals surface area contributed by atoms with Crippen molar-refractivity contribution in [2.75, 3.05) is 57.1 Å². The Labute approximate surface area is 207 Å². The number of piperazine rings is 1. The molecule has 1 amide bonds. The lowest BCUT2D eigenvalue weighted by Crippen LogP contribution is -2.46. The number of aromatic nitrogens is 3. The number of rotatable bonds is 5. The molecule has 4 aromatic rings. The molecule has 1 fully saturated rings. The van der Waals surface area contributed by atoms with Crippen molar-refractivity contribution < 1.29 is 4.79 Å². The second kappa shape index (κ2) is 9.24. The number of carbonyl (C=O) groups excluding carboxylic acids is 1. The van der Waals surface area contributed by atoms with E-state index in [0.717, 1.165) is 66.2 Å². The molecule has 0 atom stereocenters. The first kappa shape index (κ1) is 23.2. The van der Waals surface area contributed by atoms with E-state index < -0.39 is 0 Å². The van der Waals surface area contributed by atoms with Crippen LogP contribution in [0.25, 0.3) is 16.6 Å². The van der Waals surface area contributed by atoms with E-state index in [0.29, 0.717) is 10.6 Å². The molecule has 0 aliphatic carbocycles. The summed E-state index contributed by atoms with van der Waals surface area (Å²) >= 11 is 6.47. The minimum absolute atomic E-state index is 0.164. The maximum atomic E-state index is 12.3. The lowest BCUT2D eigenvalue weighted by atomic mass is 10.1. The van der Waals surface area contributed by atoms with Crippen LogP contribution < -0.4 is 20.8 Å². The van der Waals surface area contributed by atoms with Crippen molar-refractivity contribution >= 4 is 45.4 Å². The third kappa shape index (κ3) is 4.33. The summed E-state index contributed by atoms with van der Waals surface area (Å²) in [4.78, 5) is 38.8. The van der Waals surface area contributed by atoms with E-state index in [2.05, 4.69) is 25.1 Å². The van der Waals surface area contributed by atoms with E-state index in [4.69, 9.17) is 11.6 Å². The number of fused-ring (bicyclic) bond motifs is 3. The van der Waals surface area contributed by atoms with Crippen molar-refractivity contribution in [1.82, 2.24) is 24.6 Å². The van der Waals surface area contributed by atoms with Gasteiger partial charge in [-0.2, -0.15) is 0 Å². The van der Waals surface area contributed by atoms with Crippen LogP contribution in [0.3, 0.4) is 0 Å². The fourth-order valence-corrected chi connectivity index (χ4v) is 4.94. The minimum Gasteiger partial charge on any atom is -0.376 e. The van der Waals surface area contributed by atoms with Crippen LogP contribution in [-0.2, 0) is 6.54 Å². The molecule has 4 heterocycles. The molecule has 0 spiro atoms. The van der Waals surface area contributed by atoms with Crippen LogP contribution in [0.4, 0.5) is 11.4 Å². The Hall–Kier alpha value is -3.56. The molecule has 1 saturated heterocycles. The molecular weight excluding hydrogens is 466 g/mol. The summed E-state index contributed by atoms with van der Waals surface area (Å²) in [6.45, 7) is 4.15. The van der Waals surface area contributed by atoms with Gasteiger partial charge in [0.05, 0.1) is 33.0 Å². The van der Waals surface area contributed by atoms with E-state index in [9.17, 15) is 9.59 Å².